The summed E-state index contributed by atoms with van der Waals surface area (Å²) in [5.41, 5.74) is -1.24. The van der Waals surface area contributed by atoms with Crippen LogP contribution in [0.5, 0.6) is 0 Å². The van der Waals surface area contributed by atoms with Crippen molar-refractivity contribution >= 4 is 22.4 Å². The van der Waals surface area contributed by atoms with Gasteiger partial charge in [-0.25, -0.2) is 9.48 Å². The quantitative estimate of drug-likeness (QED) is 0.570. The molecule has 0 saturated carbocycles. The zero-order chi connectivity index (χ0) is 15.0. The molecule has 3 rings (SSSR count). The van der Waals surface area contributed by atoms with E-state index in [2.05, 4.69) is 15.3 Å². The Morgan fingerprint density at radius 1 is 1.33 bits per heavy atom. The molecule has 1 aromatic carbocycles. The van der Waals surface area contributed by atoms with E-state index in [1.54, 1.807) is 18.2 Å². The summed E-state index contributed by atoms with van der Waals surface area (Å²) in [7, 11) is 0. The van der Waals surface area contributed by atoms with E-state index in [-0.39, 0.29) is 5.82 Å². The van der Waals surface area contributed by atoms with Crippen LogP contribution in [0.25, 0.3) is 16.6 Å². The van der Waals surface area contributed by atoms with Crippen molar-refractivity contribution in [2.75, 3.05) is 0 Å². The van der Waals surface area contributed by atoms with E-state index in [9.17, 15) is 14.9 Å². The van der Waals surface area contributed by atoms with Gasteiger partial charge in [-0.15, -0.1) is 5.10 Å². The molecule has 2 aromatic heterocycles. The molecular formula is C12H7N5O4. The van der Waals surface area contributed by atoms with Gasteiger partial charge in [-0.05, 0) is 0 Å². The molecule has 0 radical (unpaired) electrons. The maximum absolute atomic E-state index is 11.0. The van der Waals surface area contributed by atoms with Gasteiger partial charge in [0.25, 0.3) is 0 Å². The highest BCUT2D eigenvalue weighted by atomic mass is 16.6. The first kappa shape index (κ1) is 12.7. The molecule has 2 heterocycles. The van der Waals surface area contributed by atoms with E-state index in [1.807, 2.05) is 6.07 Å². The van der Waals surface area contributed by atoms with Crippen LogP contribution in [-0.4, -0.2) is 36.0 Å². The maximum Gasteiger partial charge on any atom is 0.363 e. The summed E-state index contributed by atoms with van der Waals surface area (Å²) in [6.07, 6.45) is 2.55. The molecule has 0 aliphatic rings. The molecule has 3 aromatic rings. The van der Waals surface area contributed by atoms with E-state index < -0.39 is 22.3 Å². The number of nitrogens with zero attached hydrogens (tertiary/aromatic N) is 5. The van der Waals surface area contributed by atoms with Crippen molar-refractivity contribution in [2.24, 2.45) is 0 Å². The van der Waals surface area contributed by atoms with E-state index in [0.29, 0.717) is 5.39 Å². The van der Waals surface area contributed by atoms with Gasteiger partial charge < -0.3 is 5.11 Å². The van der Waals surface area contributed by atoms with Crippen molar-refractivity contribution in [3.63, 3.8) is 0 Å². The Labute approximate surface area is 116 Å². The number of hydrogen-bond donors (Lipinski definition) is 1. The third-order valence-electron chi connectivity index (χ3n) is 2.86. The highest BCUT2D eigenvalue weighted by molar-refractivity contribution is 5.91. The minimum atomic E-state index is -1.48. The number of hydrogen-bond acceptors (Lipinski definition) is 6. The maximum atomic E-state index is 11.0. The fraction of sp³-hybridized carbons (Fsp3) is 0. The molecule has 0 spiro atoms. The van der Waals surface area contributed by atoms with Crippen LogP contribution in [-0.2, 0) is 0 Å². The predicted molar refractivity (Wildman–Crippen MR) is 70.3 cm³/mol. The lowest BCUT2D eigenvalue weighted by Gasteiger charge is -2.02. The second-order valence-corrected chi connectivity index (χ2v) is 4.13. The topological polar surface area (TPSA) is 124 Å². The number of aromatic carboxylic acids is 1. The van der Waals surface area contributed by atoms with Crippen molar-refractivity contribution < 1.29 is 14.8 Å². The molecule has 0 bridgehead atoms. The predicted octanol–water partition coefficient (Wildman–Crippen LogP) is 1.42. The fourth-order valence-corrected chi connectivity index (χ4v) is 1.94. The Hall–Kier alpha value is -3.36. The van der Waals surface area contributed by atoms with Crippen LogP contribution in [0.1, 0.15) is 10.5 Å². The Kier molecular flexibility index (Phi) is 2.79. The highest BCUT2D eigenvalue weighted by Crippen LogP contribution is 2.23. The molecule has 9 nitrogen and oxygen atoms in total. The average molecular weight is 285 g/mol. The summed E-state index contributed by atoms with van der Waals surface area (Å²) in [5, 5.41) is 32.7. The molecule has 0 atom stereocenters. The molecule has 1 N–H and O–H groups in total. The number of carboxylic acid groups (broad SMARTS) is 1. The standard InChI is InChI=1S/C12H7N5O4/c18-12(19)10-9(17(20)21)6-16(15-10)11-8-4-2-1-3-7(8)5-13-14-11/h1-6H,(H,18,19). The number of carboxylic acids is 1. The minimum Gasteiger partial charge on any atom is -0.476 e. The molecule has 0 saturated heterocycles. The Balaban J connectivity index is 2.26. The summed E-state index contributed by atoms with van der Waals surface area (Å²) in [6.45, 7) is 0. The molecule has 0 amide bonds. The van der Waals surface area contributed by atoms with Gasteiger partial charge in [0.1, 0.15) is 6.20 Å². The first-order valence-corrected chi connectivity index (χ1v) is 5.76. The van der Waals surface area contributed by atoms with Gasteiger partial charge in [0.2, 0.25) is 5.69 Å². The summed E-state index contributed by atoms with van der Waals surface area (Å²) in [4.78, 5) is 21.1. The highest BCUT2D eigenvalue weighted by Gasteiger charge is 2.26. The average Bonchev–Trinajstić information content (AvgIpc) is 2.92. The van der Waals surface area contributed by atoms with E-state index >= 15 is 0 Å². The van der Waals surface area contributed by atoms with Gasteiger partial charge >= 0.3 is 11.7 Å². The van der Waals surface area contributed by atoms with Gasteiger partial charge in [-0.3, -0.25) is 10.1 Å². The van der Waals surface area contributed by atoms with Crippen molar-refractivity contribution in [1.29, 1.82) is 0 Å². The molecule has 21 heavy (non-hydrogen) atoms. The first-order chi connectivity index (χ1) is 10.1. The molecule has 0 fully saturated rings. The monoisotopic (exact) mass is 285 g/mol. The van der Waals surface area contributed by atoms with Crippen LogP contribution < -0.4 is 0 Å². The van der Waals surface area contributed by atoms with Gasteiger partial charge in [-0.2, -0.15) is 10.2 Å². The molecule has 104 valence electrons. The summed E-state index contributed by atoms with van der Waals surface area (Å²) in [6, 6.07) is 7.11. The van der Waals surface area contributed by atoms with Crippen molar-refractivity contribution in [3.8, 4) is 5.82 Å². The fourth-order valence-electron chi connectivity index (χ4n) is 1.94. The number of rotatable bonds is 3. The molecule has 9 heteroatoms. The lowest BCUT2D eigenvalue weighted by Crippen LogP contribution is -2.04. The SMILES string of the molecule is O=C(O)c1nn(-c2nncc3ccccc23)cc1[N+](=O)[O-]. The second kappa shape index (κ2) is 4.63. The van der Waals surface area contributed by atoms with E-state index in [0.717, 1.165) is 16.3 Å². The van der Waals surface area contributed by atoms with E-state index in [1.165, 1.54) is 6.20 Å². The lowest BCUT2D eigenvalue weighted by atomic mass is 10.2. The van der Waals surface area contributed by atoms with Crippen LogP contribution >= 0.6 is 0 Å². The zero-order valence-corrected chi connectivity index (χ0v) is 10.4. The summed E-state index contributed by atoms with van der Waals surface area (Å²) < 4.78 is 1.05. The first-order valence-electron chi connectivity index (χ1n) is 5.76. The number of fused-ring (bicyclic) bond motifs is 1. The van der Waals surface area contributed by atoms with Gasteiger partial charge in [0.05, 0.1) is 11.1 Å². The summed E-state index contributed by atoms with van der Waals surface area (Å²) in [5.74, 6) is -1.25. The normalized spacial score (nSPS) is 10.7. The van der Waals surface area contributed by atoms with Gasteiger partial charge in [0.15, 0.2) is 5.82 Å². The lowest BCUT2D eigenvalue weighted by molar-refractivity contribution is -0.385. The van der Waals surface area contributed by atoms with Crippen molar-refractivity contribution in [2.45, 2.75) is 0 Å². The van der Waals surface area contributed by atoms with Crippen LogP contribution in [0.3, 0.4) is 0 Å². The van der Waals surface area contributed by atoms with Gasteiger partial charge in [-0.1, -0.05) is 24.3 Å². The van der Waals surface area contributed by atoms with Crippen LogP contribution in [0.15, 0.2) is 36.7 Å². The van der Waals surface area contributed by atoms with Crippen molar-refractivity contribution in [3.05, 3.63) is 52.5 Å². The Bertz CT molecular complexity index is 836. The number of carbonyl (C=O) groups is 1. The molecule has 0 unspecified atom stereocenters. The largest absolute Gasteiger partial charge is 0.476 e. The number of aromatic nitrogens is 4. The summed E-state index contributed by atoms with van der Waals surface area (Å²) >= 11 is 0. The Morgan fingerprint density at radius 3 is 2.76 bits per heavy atom. The van der Waals surface area contributed by atoms with Crippen molar-refractivity contribution in [1.82, 2.24) is 20.0 Å². The van der Waals surface area contributed by atoms with Crippen LogP contribution in [0, 0.1) is 10.1 Å². The zero-order valence-electron chi connectivity index (χ0n) is 10.4. The Morgan fingerprint density at radius 2 is 2.10 bits per heavy atom. The van der Waals surface area contributed by atoms with Crippen LogP contribution in [0.2, 0.25) is 0 Å². The molecule has 0 aliphatic heterocycles. The van der Waals surface area contributed by atoms with Gasteiger partial charge in [0, 0.05) is 10.8 Å². The molecular weight excluding hydrogens is 278 g/mol. The smallest absolute Gasteiger partial charge is 0.363 e. The minimum absolute atomic E-state index is 0.226. The third-order valence-corrected chi connectivity index (χ3v) is 2.86. The van der Waals surface area contributed by atoms with Crippen LogP contribution in [0.4, 0.5) is 5.69 Å². The number of nitro groups is 1. The second-order valence-electron chi connectivity index (χ2n) is 4.13. The molecule has 0 aliphatic carbocycles. The number of benzene rings is 1. The third kappa shape index (κ3) is 2.06. The van der Waals surface area contributed by atoms with E-state index in [4.69, 9.17) is 5.11 Å².